The monoisotopic (exact) mass is 375 g/mol. The van der Waals surface area contributed by atoms with Crippen LogP contribution < -0.4 is 0 Å². The van der Waals surface area contributed by atoms with Crippen molar-refractivity contribution in [3.05, 3.63) is 34.8 Å². The van der Waals surface area contributed by atoms with Gasteiger partial charge in [-0.15, -0.1) is 11.3 Å². The van der Waals surface area contributed by atoms with Crippen LogP contribution in [0.3, 0.4) is 0 Å². The van der Waals surface area contributed by atoms with Crippen molar-refractivity contribution in [1.82, 2.24) is 24.3 Å². The van der Waals surface area contributed by atoms with Crippen LogP contribution in [0.2, 0.25) is 0 Å². The SMILES string of the molecule is CN(C)C(=O)CCC(=O)N1CCCC(c2nccn2Cc2cscn2)C1. The lowest BCUT2D eigenvalue weighted by Crippen LogP contribution is -2.40. The molecular formula is C18H25N5O2S. The van der Waals surface area contributed by atoms with Crippen molar-refractivity contribution in [1.29, 1.82) is 0 Å². The minimum atomic E-state index is -0.00860. The minimum absolute atomic E-state index is 0.00860. The first kappa shape index (κ1) is 18.6. The zero-order chi connectivity index (χ0) is 18.5. The van der Waals surface area contributed by atoms with E-state index in [1.165, 1.54) is 4.90 Å². The third-order valence-electron chi connectivity index (χ3n) is 4.75. The van der Waals surface area contributed by atoms with Crippen LogP contribution in [0.25, 0.3) is 0 Å². The Morgan fingerprint density at radius 2 is 2.15 bits per heavy atom. The van der Waals surface area contributed by atoms with E-state index >= 15 is 0 Å². The van der Waals surface area contributed by atoms with Crippen LogP contribution in [0, 0.1) is 0 Å². The van der Waals surface area contributed by atoms with Crippen LogP contribution in [0.1, 0.15) is 43.1 Å². The van der Waals surface area contributed by atoms with Crippen LogP contribution >= 0.6 is 11.3 Å². The minimum Gasteiger partial charge on any atom is -0.349 e. The Labute approximate surface area is 157 Å². The molecule has 26 heavy (non-hydrogen) atoms. The van der Waals surface area contributed by atoms with Gasteiger partial charge in [0.05, 0.1) is 17.7 Å². The first-order chi connectivity index (χ1) is 12.5. The Kier molecular flexibility index (Phi) is 6.03. The number of rotatable bonds is 6. The molecule has 140 valence electrons. The van der Waals surface area contributed by atoms with Gasteiger partial charge in [0.25, 0.3) is 0 Å². The summed E-state index contributed by atoms with van der Waals surface area (Å²) in [5.41, 5.74) is 2.86. The maximum absolute atomic E-state index is 12.5. The average Bonchev–Trinajstić information content (AvgIpc) is 3.31. The summed E-state index contributed by atoms with van der Waals surface area (Å²) < 4.78 is 2.13. The average molecular weight is 375 g/mol. The quantitative estimate of drug-likeness (QED) is 0.774. The van der Waals surface area contributed by atoms with E-state index in [0.29, 0.717) is 13.1 Å². The molecule has 0 radical (unpaired) electrons. The number of imidazole rings is 1. The van der Waals surface area contributed by atoms with E-state index in [4.69, 9.17) is 0 Å². The van der Waals surface area contributed by atoms with Gasteiger partial charge in [0, 0.05) is 63.7 Å². The fraction of sp³-hybridized carbons (Fsp3) is 0.556. The number of carbonyl (C=O) groups excluding carboxylic acids is 2. The molecule has 1 aliphatic heterocycles. The molecule has 7 nitrogen and oxygen atoms in total. The van der Waals surface area contributed by atoms with Gasteiger partial charge < -0.3 is 14.4 Å². The van der Waals surface area contributed by atoms with Crippen LogP contribution in [0.5, 0.6) is 0 Å². The van der Waals surface area contributed by atoms with Crippen LogP contribution in [-0.4, -0.2) is 63.3 Å². The summed E-state index contributed by atoms with van der Waals surface area (Å²) in [4.78, 5) is 36.5. The Balaban J connectivity index is 1.61. The van der Waals surface area contributed by atoms with Gasteiger partial charge in [-0.25, -0.2) is 9.97 Å². The number of thiazole rings is 1. The highest BCUT2D eigenvalue weighted by Gasteiger charge is 2.27. The second-order valence-corrected chi connectivity index (χ2v) is 7.58. The molecular weight excluding hydrogens is 350 g/mol. The van der Waals surface area contributed by atoms with E-state index in [1.807, 2.05) is 28.2 Å². The van der Waals surface area contributed by atoms with E-state index in [0.717, 1.165) is 30.9 Å². The third kappa shape index (κ3) is 4.49. The number of hydrogen-bond donors (Lipinski definition) is 0. The van der Waals surface area contributed by atoms with Gasteiger partial charge in [0.1, 0.15) is 5.82 Å². The molecule has 0 bridgehead atoms. The van der Waals surface area contributed by atoms with Gasteiger partial charge >= 0.3 is 0 Å². The van der Waals surface area contributed by atoms with Gasteiger partial charge in [-0.2, -0.15) is 0 Å². The van der Waals surface area contributed by atoms with Gasteiger partial charge in [-0.05, 0) is 12.8 Å². The molecule has 2 amide bonds. The molecule has 0 spiro atoms. The summed E-state index contributed by atoms with van der Waals surface area (Å²) in [6.07, 6.45) is 6.32. The summed E-state index contributed by atoms with van der Waals surface area (Å²) in [5.74, 6) is 1.29. The third-order valence-corrected chi connectivity index (χ3v) is 5.39. The molecule has 2 aromatic rings. The standard InChI is InChI=1S/C18H25N5O2S/c1-21(2)16(24)5-6-17(25)22-8-3-4-14(10-22)18-19-7-9-23(18)11-15-12-26-13-20-15/h7,9,12-14H,3-6,8,10-11H2,1-2H3. The van der Waals surface area contributed by atoms with Gasteiger partial charge in [0.15, 0.2) is 0 Å². The predicted molar refractivity (Wildman–Crippen MR) is 99.9 cm³/mol. The van der Waals surface area contributed by atoms with E-state index in [9.17, 15) is 9.59 Å². The molecule has 3 rings (SSSR count). The van der Waals surface area contributed by atoms with E-state index in [2.05, 4.69) is 14.5 Å². The molecule has 1 aliphatic rings. The Hall–Kier alpha value is -2.22. The molecule has 0 N–H and O–H groups in total. The lowest BCUT2D eigenvalue weighted by Gasteiger charge is -2.32. The molecule has 1 atom stereocenters. The van der Waals surface area contributed by atoms with E-state index < -0.39 is 0 Å². The summed E-state index contributed by atoms with van der Waals surface area (Å²) in [7, 11) is 3.43. The number of amides is 2. The van der Waals surface area contributed by atoms with Crippen molar-refractivity contribution in [2.45, 2.75) is 38.1 Å². The summed E-state index contributed by atoms with van der Waals surface area (Å²) in [6, 6.07) is 0. The molecule has 1 unspecified atom stereocenters. The van der Waals surface area contributed by atoms with Gasteiger partial charge in [-0.3, -0.25) is 9.59 Å². The van der Waals surface area contributed by atoms with Crippen molar-refractivity contribution >= 4 is 23.2 Å². The Morgan fingerprint density at radius 3 is 2.88 bits per heavy atom. The van der Waals surface area contributed by atoms with Gasteiger partial charge in [-0.1, -0.05) is 0 Å². The highest BCUT2D eigenvalue weighted by Crippen LogP contribution is 2.27. The number of piperidine rings is 1. The number of hydrogen-bond acceptors (Lipinski definition) is 5. The lowest BCUT2D eigenvalue weighted by atomic mass is 9.96. The number of aromatic nitrogens is 3. The maximum Gasteiger partial charge on any atom is 0.223 e. The highest BCUT2D eigenvalue weighted by atomic mass is 32.1. The molecule has 8 heteroatoms. The van der Waals surface area contributed by atoms with E-state index in [-0.39, 0.29) is 30.6 Å². The molecule has 3 heterocycles. The van der Waals surface area contributed by atoms with E-state index in [1.54, 1.807) is 25.4 Å². The second-order valence-electron chi connectivity index (χ2n) is 6.86. The molecule has 1 saturated heterocycles. The predicted octanol–water partition coefficient (Wildman–Crippen LogP) is 1.96. The molecule has 0 aromatic carbocycles. The first-order valence-corrected chi connectivity index (χ1v) is 9.85. The second kappa shape index (κ2) is 8.44. The zero-order valence-corrected chi connectivity index (χ0v) is 16.1. The van der Waals surface area contributed by atoms with Crippen LogP contribution in [-0.2, 0) is 16.1 Å². The molecule has 2 aromatic heterocycles. The van der Waals surface area contributed by atoms with Crippen molar-refractivity contribution in [2.75, 3.05) is 27.2 Å². The first-order valence-electron chi connectivity index (χ1n) is 8.90. The Morgan fingerprint density at radius 1 is 1.31 bits per heavy atom. The topological polar surface area (TPSA) is 71.3 Å². The number of carbonyl (C=O) groups is 2. The van der Waals surface area contributed by atoms with Gasteiger partial charge in [0.2, 0.25) is 11.8 Å². The lowest BCUT2D eigenvalue weighted by molar-refractivity contribution is -0.136. The summed E-state index contributed by atoms with van der Waals surface area (Å²) in [6.45, 7) is 2.14. The fourth-order valence-electron chi connectivity index (χ4n) is 3.31. The highest BCUT2D eigenvalue weighted by molar-refractivity contribution is 7.07. The van der Waals surface area contributed by atoms with Crippen LogP contribution in [0.4, 0.5) is 0 Å². The van der Waals surface area contributed by atoms with Crippen LogP contribution in [0.15, 0.2) is 23.3 Å². The fourth-order valence-corrected chi connectivity index (χ4v) is 3.86. The van der Waals surface area contributed by atoms with Crippen molar-refractivity contribution < 1.29 is 9.59 Å². The summed E-state index contributed by atoms with van der Waals surface area (Å²) >= 11 is 1.59. The zero-order valence-electron chi connectivity index (χ0n) is 15.3. The van der Waals surface area contributed by atoms with Crippen molar-refractivity contribution in [2.24, 2.45) is 0 Å². The summed E-state index contributed by atoms with van der Waals surface area (Å²) in [5, 5.41) is 2.04. The molecule has 0 aliphatic carbocycles. The normalized spacial score (nSPS) is 17.3. The number of likely N-dealkylation sites (tertiary alicyclic amines) is 1. The molecule has 1 fully saturated rings. The van der Waals surface area contributed by atoms with Crippen molar-refractivity contribution in [3.63, 3.8) is 0 Å². The molecule has 0 saturated carbocycles. The smallest absolute Gasteiger partial charge is 0.223 e. The Bertz CT molecular complexity index is 741. The maximum atomic E-state index is 12.5. The number of nitrogens with zero attached hydrogens (tertiary/aromatic N) is 5. The van der Waals surface area contributed by atoms with Crippen molar-refractivity contribution in [3.8, 4) is 0 Å². The largest absolute Gasteiger partial charge is 0.349 e.